The van der Waals surface area contributed by atoms with Crippen LogP contribution in [0.5, 0.6) is 23.0 Å². The maximum Gasteiger partial charge on any atom is 0.251 e. The highest BCUT2D eigenvalue weighted by atomic mass is 16.7. The molecule has 2 amide bonds. The van der Waals surface area contributed by atoms with E-state index < -0.39 is 11.9 Å². The minimum Gasteiger partial charge on any atom is -0.497 e. The molecule has 2 heterocycles. The molecule has 218 valence electrons. The van der Waals surface area contributed by atoms with E-state index in [2.05, 4.69) is 15.6 Å². The Labute approximate surface area is 247 Å². The molecule has 0 bridgehead atoms. The standard InChI is InChI=1S/C32H29N5O6/c1-40-24-12-7-21(8-13-24)18-36(30(38)19-37-27-6-4-3-5-26(27)34-35-37)31(22-9-14-25(41-2)15-10-22)32(39)33-23-11-16-28-29(17-23)43-20-42-28/h3-17,31H,18-20H2,1-2H3,(H,33,39). The maximum atomic E-state index is 14.2. The maximum absolute atomic E-state index is 14.2. The third-order valence-corrected chi connectivity index (χ3v) is 7.17. The number of carbonyl (C=O) groups is 2. The number of methoxy groups -OCH3 is 2. The molecule has 5 aromatic rings. The topological polar surface area (TPSA) is 117 Å². The van der Waals surface area contributed by atoms with Crippen LogP contribution in [0.3, 0.4) is 0 Å². The molecule has 0 spiro atoms. The number of nitrogens with zero attached hydrogens (tertiary/aromatic N) is 4. The summed E-state index contributed by atoms with van der Waals surface area (Å²) < 4.78 is 23.1. The zero-order valence-electron chi connectivity index (χ0n) is 23.6. The summed E-state index contributed by atoms with van der Waals surface area (Å²) in [5.41, 5.74) is 3.30. The van der Waals surface area contributed by atoms with Gasteiger partial charge in [-0.3, -0.25) is 9.59 Å². The van der Waals surface area contributed by atoms with E-state index in [-0.39, 0.29) is 25.8 Å². The summed E-state index contributed by atoms with van der Waals surface area (Å²) in [6.07, 6.45) is 0. The molecule has 11 heteroatoms. The van der Waals surface area contributed by atoms with Crippen molar-refractivity contribution in [3.05, 3.63) is 102 Å². The van der Waals surface area contributed by atoms with Crippen LogP contribution in [0.15, 0.2) is 91.0 Å². The number of para-hydroxylation sites is 1. The summed E-state index contributed by atoms with van der Waals surface area (Å²) in [5.74, 6) is 1.70. The second-order valence-corrected chi connectivity index (χ2v) is 9.84. The van der Waals surface area contributed by atoms with Gasteiger partial charge in [0.1, 0.15) is 29.6 Å². The molecule has 1 N–H and O–H groups in total. The second-order valence-electron chi connectivity index (χ2n) is 9.84. The van der Waals surface area contributed by atoms with Gasteiger partial charge in [-0.15, -0.1) is 5.10 Å². The Hall–Kier alpha value is -5.58. The van der Waals surface area contributed by atoms with E-state index >= 15 is 0 Å². The molecule has 6 rings (SSSR count). The van der Waals surface area contributed by atoms with Gasteiger partial charge < -0.3 is 29.2 Å². The molecular formula is C32H29N5O6. The van der Waals surface area contributed by atoms with E-state index in [4.69, 9.17) is 18.9 Å². The number of ether oxygens (including phenoxy) is 4. The van der Waals surface area contributed by atoms with E-state index in [1.807, 2.05) is 48.5 Å². The Morgan fingerprint density at radius 1 is 0.907 bits per heavy atom. The zero-order valence-corrected chi connectivity index (χ0v) is 23.6. The van der Waals surface area contributed by atoms with Crippen LogP contribution in [0, 0.1) is 0 Å². The Morgan fingerprint density at radius 3 is 2.35 bits per heavy atom. The van der Waals surface area contributed by atoms with Crippen molar-refractivity contribution in [2.24, 2.45) is 0 Å². The Bertz CT molecular complexity index is 1750. The van der Waals surface area contributed by atoms with Gasteiger partial charge in [-0.2, -0.15) is 0 Å². The van der Waals surface area contributed by atoms with Crippen molar-refractivity contribution in [1.29, 1.82) is 0 Å². The van der Waals surface area contributed by atoms with Gasteiger partial charge in [-0.05, 0) is 59.7 Å². The Morgan fingerprint density at radius 2 is 1.60 bits per heavy atom. The lowest BCUT2D eigenvalue weighted by Crippen LogP contribution is -2.42. The van der Waals surface area contributed by atoms with Crippen molar-refractivity contribution in [2.75, 3.05) is 26.3 Å². The average Bonchev–Trinajstić information content (AvgIpc) is 3.68. The monoisotopic (exact) mass is 579 g/mol. The first-order chi connectivity index (χ1) is 21.0. The zero-order chi connectivity index (χ0) is 29.8. The highest BCUT2D eigenvalue weighted by Crippen LogP contribution is 2.35. The van der Waals surface area contributed by atoms with Crippen LogP contribution in [-0.4, -0.2) is 52.7 Å². The molecule has 11 nitrogen and oxygen atoms in total. The van der Waals surface area contributed by atoms with Gasteiger partial charge in [-0.25, -0.2) is 4.68 Å². The fourth-order valence-electron chi connectivity index (χ4n) is 4.95. The SMILES string of the molecule is COc1ccc(CN(C(=O)Cn2nnc3ccccc32)C(C(=O)Nc2ccc3c(c2)OCO3)c2ccc(OC)cc2)cc1. The molecule has 0 saturated carbocycles. The van der Waals surface area contributed by atoms with Crippen molar-refractivity contribution in [1.82, 2.24) is 19.9 Å². The molecule has 1 aliphatic heterocycles. The van der Waals surface area contributed by atoms with Gasteiger partial charge in [0, 0.05) is 18.3 Å². The summed E-state index contributed by atoms with van der Waals surface area (Å²) in [4.78, 5) is 29.9. The number of anilines is 1. The van der Waals surface area contributed by atoms with Crippen molar-refractivity contribution in [3.8, 4) is 23.0 Å². The quantitative estimate of drug-likeness (QED) is 0.256. The third-order valence-electron chi connectivity index (χ3n) is 7.17. The van der Waals surface area contributed by atoms with E-state index in [0.717, 1.165) is 5.56 Å². The first-order valence-corrected chi connectivity index (χ1v) is 13.6. The fourth-order valence-corrected chi connectivity index (χ4v) is 4.95. The number of benzene rings is 4. The van der Waals surface area contributed by atoms with Crippen LogP contribution < -0.4 is 24.3 Å². The number of amides is 2. The predicted octanol–water partition coefficient (Wildman–Crippen LogP) is 4.59. The first-order valence-electron chi connectivity index (χ1n) is 13.6. The highest BCUT2D eigenvalue weighted by molar-refractivity contribution is 5.98. The summed E-state index contributed by atoms with van der Waals surface area (Å²) in [7, 11) is 3.16. The molecule has 1 atom stereocenters. The number of hydrogen-bond acceptors (Lipinski definition) is 8. The Balaban J connectivity index is 1.38. The van der Waals surface area contributed by atoms with Gasteiger partial charge in [0.05, 0.1) is 19.7 Å². The van der Waals surface area contributed by atoms with Crippen molar-refractivity contribution in [3.63, 3.8) is 0 Å². The van der Waals surface area contributed by atoms with Gasteiger partial charge in [0.25, 0.3) is 5.91 Å². The van der Waals surface area contributed by atoms with Crippen LogP contribution in [0.1, 0.15) is 17.2 Å². The number of nitrogens with one attached hydrogen (secondary N) is 1. The Kier molecular flexibility index (Phi) is 7.77. The number of aromatic nitrogens is 3. The van der Waals surface area contributed by atoms with Crippen LogP contribution in [0.4, 0.5) is 5.69 Å². The van der Waals surface area contributed by atoms with Crippen LogP contribution >= 0.6 is 0 Å². The molecule has 1 aliphatic rings. The third kappa shape index (κ3) is 5.91. The van der Waals surface area contributed by atoms with Gasteiger partial charge >= 0.3 is 0 Å². The smallest absolute Gasteiger partial charge is 0.251 e. The van der Waals surface area contributed by atoms with Gasteiger partial charge in [0.2, 0.25) is 12.7 Å². The number of carbonyl (C=O) groups excluding carboxylic acids is 2. The molecular weight excluding hydrogens is 550 g/mol. The number of fused-ring (bicyclic) bond motifs is 2. The predicted molar refractivity (Wildman–Crippen MR) is 158 cm³/mol. The largest absolute Gasteiger partial charge is 0.497 e. The molecule has 4 aromatic carbocycles. The fraction of sp³-hybridized carbons (Fsp3) is 0.188. The highest BCUT2D eigenvalue weighted by Gasteiger charge is 2.33. The summed E-state index contributed by atoms with van der Waals surface area (Å²) in [6, 6.07) is 26.0. The summed E-state index contributed by atoms with van der Waals surface area (Å²) in [6.45, 7) is 0.129. The van der Waals surface area contributed by atoms with E-state index in [9.17, 15) is 9.59 Å². The van der Waals surface area contributed by atoms with E-state index in [1.54, 1.807) is 66.3 Å². The summed E-state index contributed by atoms with van der Waals surface area (Å²) >= 11 is 0. The molecule has 0 radical (unpaired) electrons. The van der Waals surface area contributed by atoms with Crippen LogP contribution in [-0.2, 0) is 22.7 Å². The van der Waals surface area contributed by atoms with E-state index in [0.29, 0.717) is 45.3 Å². The van der Waals surface area contributed by atoms with Gasteiger partial charge in [0.15, 0.2) is 11.5 Å². The van der Waals surface area contributed by atoms with Crippen LogP contribution in [0.25, 0.3) is 11.0 Å². The number of rotatable bonds is 10. The second kappa shape index (κ2) is 12.1. The minimum absolute atomic E-state index is 0.113. The molecule has 1 unspecified atom stereocenters. The molecule has 43 heavy (non-hydrogen) atoms. The molecule has 1 aromatic heterocycles. The molecule has 0 saturated heterocycles. The van der Waals surface area contributed by atoms with Gasteiger partial charge in [-0.1, -0.05) is 41.6 Å². The number of hydrogen-bond donors (Lipinski definition) is 1. The normalized spacial score (nSPS) is 12.5. The lowest BCUT2D eigenvalue weighted by Gasteiger charge is -2.32. The lowest BCUT2D eigenvalue weighted by atomic mass is 10.0. The van der Waals surface area contributed by atoms with Crippen molar-refractivity contribution < 1.29 is 28.5 Å². The lowest BCUT2D eigenvalue weighted by molar-refractivity contribution is -0.140. The van der Waals surface area contributed by atoms with Crippen molar-refractivity contribution >= 4 is 28.5 Å². The van der Waals surface area contributed by atoms with E-state index in [1.165, 1.54) is 0 Å². The molecule has 0 aliphatic carbocycles. The summed E-state index contributed by atoms with van der Waals surface area (Å²) in [5, 5.41) is 11.4. The first kappa shape index (κ1) is 27.6. The molecule has 0 fully saturated rings. The van der Waals surface area contributed by atoms with Crippen LogP contribution in [0.2, 0.25) is 0 Å². The van der Waals surface area contributed by atoms with Crippen molar-refractivity contribution in [2.45, 2.75) is 19.1 Å². The minimum atomic E-state index is -1.01. The average molecular weight is 580 g/mol.